The molecule has 0 amide bonds. The van der Waals surface area contributed by atoms with Crippen LogP contribution in [-0.4, -0.2) is 12.4 Å². The van der Waals surface area contributed by atoms with Crippen molar-refractivity contribution in [2.24, 2.45) is 10.7 Å². The van der Waals surface area contributed by atoms with Crippen LogP contribution in [0.2, 0.25) is 0 Å². The molecule has 3 rings (SSSR count). The van der Waals surface area contributed by atoms with Crippen molar-refractivity contribution in [1.82, 2.24) is 5.32 Å². The van der Waals surface area contributed by atoms with Gasteiger partial charge in [-0.25, -0.2) is 9.38 Å². The molecule has 0 unspecified atom stereocenters. The Morgan fingerprint density at radius 2 is 1.78 bits per heavy atom. The molecule has 1 heterocycles. The van der Waals surface area contributed by atoms with Gasteiger partial charge < -0.3 is 11.1 Å². The molecule has 0 saturated carbocycles. The van der Waals surface area contributed by atoms with Gasteiger partial charge in [-0.05, 0) is 59.8 Å². The maximum atomic E-state index is 13.1. The lowest BCUT2D eigenvalue weighted by atomic mass is 10.1. The SMILES string of the molecule is Cl.Cl.NC(=Nc1cccc(CNCCc2cccc(F)c2)c1)c1cccs1. The molecule has 0 aliphatic rings. The highest BCUT2D eigenvalue weighted by Gasteiger charge is 2.01. The molecule has 0 saturated heterocycles. The van der Waals surface area contributed by atoms with Gasteiger partial charge in [-0.2, -0.15) is 0 Å². The summed E-state index contributed by atoms with van der Waals surface area (Å²) in [6.45, 7) is 1.52. The van der Waals surface area contributed by atoms with Crippen LogP contribution in [-0.2, 0) is 13.0 Å². The number of hydrogen-bond acceptors (Lipinski definition) is 3. The van der Waals surface area contributed by atoms with Gasteiger partial charge in [-0.1, -0.05) is 30.3 Å². The first kappa shape index (κ1) is 23.1. The Labute approximate surface area is 175 Å². The molecule has 0 fully saturated rings. The van der Waals surface area contributed by atoms with E-state index in [0.29, 0.717) is 5.84 Å². The van der Waals surface area contributed by atoms with Crippen LogP contribution >= 0.6 is 36.2 Å². The van der Waals surface area contributed by atoms with E-state index < -0.39 is 0 Å². The maximum absolute atomic E-state index is 13.1. The minimum absolute atomic E-state index is 0. The summed E-state index contributed by atoms with van der Waals surface area (Å²) in [5.41, 5.74) is 9.01. The fraction of sp³-hybridized carbons (Fsp3) is 0.150. The van der Waals surface area contributed by atoms with E-state index in [1.165, 1.54) is 6.07 Å². The molecule has 3 N–H and O–H groups in total. The van der Waals surface area contributed by atoms with E-state index in [4.69, 9.17) is 5.73 Å². The zero-order valence-electron chi connectivity index (χ0n) is 14.6. The third kappa shape index (κ3) is 7.31. The van der Waals surface area contributed by atoms with Crippen LogP contribution in [0.5, 0.6) is 0 Å². The van der Waals surface area contributed by atoms with Crippen LogP contribution in [0.1, 0.15) is 16.0 Å². The van der Waals surface area contributed by atoms with E-state index in [1.807, 2.05) is 41.8 Å². The van der Waals surface area contributed by atoms with Crippen LogP contribution in [0.4, 0.5) is 10.1 Å². The smallest absolute Gasteiger partial charge is 0.141 e. The Balaban J connectivity index is 0.00000182. The molecule has 3 aromatic rings. The minimum atomic E-state index is -0.189. The molecule has 7 heteroatoms. The summed E-state index contributed by atoms with van der Waals surface area (Å²) >= 11 is 1.58. The van der Waals surface area contributed by atoms with Crippen molar-refractivity contribution in [3.05, 3.63) is 87.9 Å². The lowest BCUT2D eigenvalue weighted by molar-refractivity contribution is 0.622. The number of aliphatic imine (C=N–C) groups is 1. The van der Waals surface area contributed by atoms with Crippen LogP contribution in [0.3, 0.4) is 0 Å². The summed E-state index contributed by atoms with van der Waals surface area (Å²) in [5, 5.41) is 5.36. The molecule has 0 atom stereocenters. The second-order valence-corrected chi connectivity index (χ2v) is 6.65. The second kappa shape index (κ2) is 11.7. The average molecular weight is 426 g/mol. The molecule has 0 aliphatic heterocycles. The van der Waals surface area contributed by atoms with Crippen molar-refractivity contribution in [2.45, 2.75) is 13.0 Å². The molecule has 3 nitrogen and oxygen atoms in total. The average Bonchev–Trinajstić information content (AvgIpc) is 3.14. The van der Waals surface area contributed by atoms with E-state index in [-0.39, 0.29) is 30.6 Å². The van der Waals surface area contributed by atoms with Gasteiger partial charge in [0.05, 0.1) is 10.6 Å². The molecule has 2 aromatic carbocycles. The van der Waals surface area contributed by atoms with Gasteiger partial charge in [0.1, 0.15) is 11.7 Å². The van der Waals surface area contributed by atoms with Gasteiger partial charge >= 0.3 is 0 Å². The van der Waals surface area contributed by atoms with Gasteiger partial charge in [0.2, 0.25) is 0 Å². The first-order valence-electron chi connectivity index (χ1n) is 8.13. The van der Waals surface area contributed by atoms with E-state index in [1.54, 1.807) is 23.5 Å². The maximum Gasteiger partial charge on any atom is 0.141 e. The fourth-order valence-electron chi connectivity index (χ4n) is 2.51. The van der Waals surface area contributed by atoms with Gasteiger partial charge in [0.25, 0.3) is 0 Å². The molecular weight excluding hydrogens is 404 g/mol. The Morgan fingerprint density at radius 1 is 1.00 bits per heavy atom. The number of nitrogens with two attached hydrogens (primary N) is 1. The third-order valence-electron chi connectivity index (χ3n) is 3.74. The minimum Gasteiger partial charge on any atom is -0.383 e. The summed E-state index contributed by atoms with van der Waals surface area (Å²) in [6.07, 6.45) is 0.793. The van der Waals surface area contributed by atoms with E-state index in [9.17, 15) is 4.39 Å². The molecule has 0 spiro atoms. The summed E-state index contributed by atoms with van der Waals surface area (Å²) in [5.74, 6) is 0.345. The van der Waals surface area contributed by atoms with Gasteiger partial charge in [0, 0.05) is 6.54 Å². The van der Waals surface area contributed by atoms with Crippen molar-refractivity contribution in [2.75, 3.05) is 6.54 Å². The zero-order chi connectivity index (χ0) is 17.5. The van der Waals surface area contributed by atoms with E-state index in [0.717, 1.165) is 41.2 Å². The Morgan fingerprint density at radius 3 is 2.52 bits per heavy atom. The number of nitrogens with one attached hydrogen (secondary N) is 1. The number of benzene rings is 2. The van der Waals surface area contributed by atoms with Crippen molar-refractivity contribution in [3.63, 3.8) is 0 Å². The van der Waals surface area contributed by atoms with Crippen molar-refractivity contribution < 1.29 is 4.39 Å². The van der Waals surface area contributed by atoms with Crippen LogP contribution in [0.25, 0.3) is 0 Å². The second-order valence-electron chi connectivity index (χ2n) is 5.70. The Bertz CT molecular complexity index is 854. The zero-order valence-corrected chi connectivity index (χ0v) is 17.0. The molecular formula is C20H22Cl2FN3S. The van der Waals surface area contributed by atoms with Gasteiger partial charge in [-0.15, -0.1) is 36.2 Å². The largest absolute Gasteiger partial charge is 0.383 e. The third-order valence-corrected chi connectivity index (χ3v) is 4.63. The monoisotopic (exact) mass is 425 g/mol. The molecule has 1 aromatic heterocycles. The number of thiophene rings is 1. The van der Waals surface area contributed by atoms with Crippen LogP contribution < -0.4 is 11.1 Å². The van der Waals surface area contributed by atoms with E-state index in [2.05, 4.69) is 16.4 Å². The lowest BCUT2D eigenvalue weighted by Crippen LogP contribution is -2.16. The lowest BCUT2D eigenvalue weighted by Gasteiger charge is -2.06. The van der Waals surface area contributed by atoms with E-state index >= 15 is 0 Å². The first-order valence-corrected chi connectivity index (χ1v) is 9.01. The highest BCUT2D eigenvalue weighted by atomic mass is 35.5. The normalized spacial score (nSPS) is 10.8. The van der Waals surface area contributed by atoms with Gasteiger partial charge in [-0.3, -0.25) is 0 Å². The predicted octanol–water partition coefficient (Wildman–Crippen LogP) is 5.10. The highest BCUT2D eigenvalue weighted by molar-refractivity contribution is 7.12. The summed E-state index contributed by atoms with van der Waals surface area (Å²) in [7, 11) is 0. The van der Waals surface area contributed by atoms with Crippen molar-refractivity contribution in [1.29, 1.82) is 0 Å². The molecule has 0 radical (unpaired) electrons. The fourth-order valence-corrected chi connectivity index (χ4v) is 3.14. The molecule has 27 heavy (non-hydrogen) atoms. The number of amidine groups is 1. The molecule has 0 aliphatic carbocycles. The first-order chi connectivity index (χ1) is 12.2. The predicted molar refractivity (Wildman–Crippen MR) is 117 cm³/mol. The number of hydrogen-bond donors (Lipinski definition) is 2. The topological polar surface area (TPSA) is 50.4 Å². The van der Waals surface area contributed by atoms with Gasteiger partial charge in [0.15, 0.2) is 0 Å². The number of rotatable bonds is 7. The summed E-state index contributed by atoms with van der Waals surface area (Å²) < 4.78 is 13.1. The number of halogens is 3. The summed E-state index contributed by atoms with van der Waals surface area (Å²) in [6, 6.07) is 18.6. The number of nitrogens with zero attached hydrogens (tertiary/aromatic N) is 1. The highest BCUT2D eigenvalue weighted by Crippen LogP contribution is 2.17. The van der Waals surface area contributed by atoms with Crippen LogP contribution in [0, 0.1) is 5.82 Å². The van der Waals surface area contributed by atoms with Crippen molar-refractivity contribution >= 4 is 47.7 Å². The molecule has 0 bridgehead atoms. The summed E-state index contributed by atoms with van der Waals surface area (Å²) in [4.78, 5) is 5.45. The Kier molecular flexibility index (Phi) is 10.0. The Hall–Kier alpha value is -1.92. The quantitative estimate of drug-likeness (QED) is 0.314. The van der Waals surface area contributed by atoms with Crippen LogP contribution in [0.15, 0.2) is 71.0 Å². The molecule has 144 valence electrons. The standard InChI is InChI=1S/C20H20FN3S.2ClH/c21-17-6-1-4-15(12-17)9-10-23-14-16-5-2-7-18(13-16)24-20(22)19-8-3-11-25-19;;/h1-8,11-13,23H,9-10,14H2,(H2,22,24);2*1H. The van der Waals surface area contributed by atoms with Crippen molar-refractivity contribution in [3.8, 4) is 0 Å².